The Kier molecular flexibility index (Phi) is 4.73. The maximum Gasteiger partial charge on any atom is 0.275 e. The molecule has 1 fully saturated rings. The van der Waals surface area contributed by atoms with Gasteiger partial charge < -0.3 is 0 Å². The van der Waals surface area contributed by atoms with Gasteiger partial charge in [0.25, 0.3) is 5.56 Å². The normalized spacial score (nSPS) is 20.0. The zero-order valence-electron chi connectivity index (χ0n) is 14.1. The molecule has 0 saturated carbocycles. The van der Waals surface area contributed by atoms with E-state index in [2.05, 4.69) is 16.9 Å². The van der Waals surface area contributed by atoms with Gasteiger partial charge in [0.1, 0.15) is 0 Å². The predicted octanol–water partition coefficient (Wildman–Crippen LogP) is 1.56. The molecule has 7 heteroatoms. The fourth-order valence-corrected chi connectivity index (χ4v) is 5.15. The highest BCUT2D eigenvalue weighted by atomic mass is 32.2. The largest absolute Gasteiger partial charge is 0.280 e. The maximum absolute atomic E-state index is 12.7. The molecule has 2 heterocycles. The summed E-state index contributed by atoms with van der Waals surface area (Å²) >= 11 is 0. The third-order valence-electron chi connectivity index (χ3n) is 4.60. The van der Waals surface area contributed by atoms with E-state index in [1.807, 2.05) is 31.2 Å². The second-order valence-corrected chi connectivity index (χ2v) is 8.68. The molecule has 1 saturated heterocycles. The van der Waals surface area contributed by atoms with Crippen LogP contribution in [0.3, 0.4) is 0 Å². The smallest absolute Gasteiger partial charge is 0.275 e. The molecule has 0 bridgehead atoms. The van der Waals surface area contributed by atoms with Crippen LogP contribution in [-0.4, -0.2) is 47.2 Å². The summed E-state index contributed by atoms with van der Waals surface area (Å²) in [5.74, 6) is 0.408. The van der Waals surface area contributed by atoms with Crippen LogP contribution in [0.4, 0.5) is 0 Å². The van der Waals surface area contributed by atoms with Crippen LogP contribution in [-0.2, 0) is 16.5 Å². The van der Waals surface area contributed by atoms with E-state index in [1.165, 1.54) is 4.68 Å². The summed E-state index contributed by atoms with van der Waals surface area (Å²) in [6.07, 6.45) is 1.53. The lowest BCUT2D eigenvalue weighted by Gasteiger charge is -2.27. The number of benzene rings is 1. The average molecular weight is 349 g/mol. The van der Waals surface area contributed by atoms with Crippen molar-refractivity contribution < 1.29 is 8.42 Å². The first kappa shape index (κ1) is 17.1. The van der Waals surface area contributed by atoms with Crippen LogP contribution >= 0.6 is 0 Å². The van der Waals surface area contributed by atoms with Crippen LogP contribution in [0.2, 0.25) is 0 Å². The highest BCUT2D eigenvalue weighted by Gasteiger charge is 2.32. The summed E-state index contributed by atoms with van der Waals surface area (Å²) in [5, 5.41) is 5.96. The Hall–Kier alpha value is -1.73. The molecule has 1 aliphatic rings. The number of nitrogens with zero attached hydrogens (tertiary/aromatic N) is 3. The number of hydrogen-bond acceptors (Lipinski definition) is 5. The molecule has 24 heavy (non-hydrogen) atoms. The zero-order chi connectivity index (χ0) is 17.3. The van der Waals surface area contributed by atoms with Crippen molar-refractivity contribution in [1.29, 1.82) is 0 Å². The molecule has 1 aromatic carbocycles. The lowest BCUT2D eigenvalue weighted by atomic mass is 10.1. The fourth-order valence-electron chi connectivity index (χ4n) is 3.39. The fraction of sp³-hybridized carbons (Fsp3) is 0.529. The van der Waals surface area contributed by atoms with Crippen LogP contribution in [0.25, 0.3) is 10.8 Å². The summed E-state index contributed by atoms with van der Waals surface area (Å²) in [6.45, 7) is 5.03. The second kappa shape index (κ2) is 6.64. The molecule has 6 nitrogen and oxygen atoms in total. The minimum atomic E-state index is -2.95. The molecule has 0 amide bonds. The van der Waals surface area contributed by atoms with E-state index >= 15 is 0 Å². The van der Waals surface area contributed by atoms with Crippen LogP contribution in [0.15, 0.2) is 29.1 Å². The molecule has 1 aliphatic heterocycles. The van der Waals surface area contributed by atoms with Gasteiger partial charge in [0.2, 0.25) is 0 Å². The van der Waals surface area contributed by atoms with Crippen molar-refractivity contribution in [3.8, 4) is 0 Å². The van der Waals surface area contributed by atoms with E-state index < -0.39 is 9.84 Å². The van der Waals surface area contributed by atoms with Gasteiger partial charge in [0, 0.05) is 11.4 Å². The summed E-state index contributed by atoms with van der Waals surface area (Å²) in [7, 11) is -2.95. The molecule has 1 atom stereocenters. The third-order valence-corrected chi connectivity index (χ3v) is 6.35. The molecule has 0 aliphatic carbocycles. The first-order valence-corrected chi connectivity index (χ1v) is 10.1. The van der Waals surface area contributed by atoms with E-state index in [0.717, 1.165) is 24.0 Å². The standard InChI is InChI=1S/C17H23N3O3S/c1-3-9-19(14-8-10-24(22,23)11-14)12-20-17(21)16-7-5-4-6-15(16)13(2)18-20/h4-7,14H,3,8-12H2,1-2H3. The number of aryl methyl sites for hydroxylation is 1. The van der Waals surface area contributed by atoms with E-state index in [-0.39, 0.29) is 23.1 Å². The van der Waals surface area contributed by atoms with Crippen molar-refractivity contribution in [1.82, 2.24) is 14.7 Å². The second-order valence-electron chi connectivity index (χ2n) is 6.45. The third kappa shape index (κ3) is 3.37. The zero-order valence-corrected chi connectivity index (χ0v) is 14.9. The molecule has 1 aromatic heterocycles. The first-order chi connectivity index (χ1) is 11.4. The molecular formula is C17H23N3O3S. The predicted molar refractivity (Wildman–Crippen MR) is 94.8 cm³/mol. The minimum Gasteiger partial charge on any atom is -0.280 e. The number of aromatic nitrogens is 2. The molecule has 0 radical (unpaired) electrons. The lowest BCUT2D eigenvalue weighted by molar-refractivity contribution is 0.153. The van der Waals surface area contributed by atoms with Crippen molar-refractivity contribution in [2.24, 2.45) is 0 Å². The van der Waals surface area contributed by atoms with Gasteiger partial charge in [-0.25, -0.2) is 13.1 Å². The SMILES string of the molecule is CCCN(Cn1nc(C)c2ccccc2c1=O)C1CCS(=O)(=O)C1. The number of sulfone groups is 1. The van der Waals surface area contributed by atoms with Gasteiger partial charge >= 0.3 is 0 Å². The summed E-state index contributed by atoms with van der Waals surface area (Å²) in [5.41, 5.74) is 0.679. The van der Waals surface area contributed by atoms with Gasteiger partial charge in [-0.1, -0.05) is 25.1 Å². The summed E-state index contributed by atoms with van der Waals surface area (Å²) in [6, 6.07) is 7.42. The van der Waals surface area contributed by atoms with Gasteiger partial charge in [-0.3, -0.25) is 9.69 Å². The van der Waals surface area contributed by atoms with Crippen molar-refractivity contribution in [2.45, 2.75) is 39.4 Å². The number of hydrogen-bond donors (Lipinski definition) is 0. The van der Waals surface area contributed by atoms with E-state index in [9.17, 15) is 13.2 Å². The van der Waals surface area contributed by atoms with Gasteiger partial charge in [-0.05, 0) is 32.4 Å². The van der Waals surface area contributed by atoms with Gasteiger partial charge in [-0.2, -0.15) is 5.10 Å². The van der Waals surface area contributed by atoms with Crippen LogP contribution in [0.1, 0.15) is 25.5 Å². The lowest BCUT2D eigenvalue weighted by Crippen LogP contribution is -2.41. The maximum atomic E-state index is 12.7. The van der Waals surface area contributed by atoms with Crippen molar-refractivity contribution in [2.75, 3.05) is 18.1 Å². The number of rotatable bonds is 5. The number of fused-ring (bicyclic) bond motifs is 1. The van der Waals surface area contributed by atoms with E-state index in [1.54, 1.807) is 0 Å². The van der Waals surface area contributed by atoms with Crippen LogP contribution in [0.5, 0.6) is 0 Å². The highest BCUT2D eigenvalue weighted by molar-refractivity contribution is 7.91. The Balaban J connectivity index is 1.94. The summed E-state index contributed by atoms with van der Waals surface area (Å²) < 4.78 is 25.0. The van der Waals surface area contributed by atoms with Crippen molar-refractivity contribution >= 4 is 20.6 Å². The minimum absolute atomic E-state index is 0.0320. The quantitative estimate of drug-likeness (QED) is 0.819. The van der Waals surface area contributed by atoms with Crippen LogP contribution < -0.4 is 5.56 Å². The first-order valence-electron chi connectivity index (χ1n) is 8.32. The van der Waals surface area contributed by atoms with Gasteiger partial charge in [-0.15, -0.1) is 0 Å². The van der Waals surface area contributed by atoms with Crippen LogP contribution in [0, 0.1) is 6.92 Å². The summed E-state index contributed by atoms with van der Waals surface area (Å²) in [4.78, 5) is 14.8. The van der Waals surface area contributed by atoms with E-state index in [4.69, 9.17) is 0 Å². The Morgan fingerprint density at radius 3 is 2.62 bits per heavy atom. The average Bonchev–Trinajstić information content (AvgIpc) is 2.92. The molecule has 130 valence electrons. The van der Waals surface area contributed by atoms with E-state index in [0.29, 0.717) is 18.5 Å². The van der Waals surface area contributed by atoms with Crippen molar-refractivity contribution in [3.05, 3.63) is 40.3 Å². The van der Waals surface area contributed by atoms with Gasteiger partial charge in [0.15, 0.2) is 9.84 Å². The molecule has 0 spiro atoms. The molecule has 2 aromatic rings. The topological polar surface area (TPSA) is 72.3 Å². The Labute approximate surface area is 142 Å². The molecular weight excluding hydrogens is 326 g/mol. The van der Waals surface area contributed by atoms with Crippen molar-refractivity contribution in [3.63, 3.8) is 0 Å². The Morgan fingerprint density at radius 1 is 1.29 bits per heavy atom. The molecule has 0 N–H and O–H groups in total. The monoisotopic (exact) mass is 349 g/mol. The highest BCUT2D eigenvalue weighted by Crippen LogP contribution is 2.19. The molecule has 1 unspecified atom stereocenters. The Morgan fingerprint density at radius 2 is 2.00 bits per heavy atom. The van der Waals surface area contributed by atoms with Gasteiger partial charge in [0.05, 0.1) is 29.3 Å². The molecule has 3 rings (SSSR count). The Bertz CT molecular complexity index is 905.